The maximum Gasteiger partial charge on any atom is 0.313 e. The van der Waals surface area contributed by atoms with Crippen molar-refractivity contribution >= 4 is 5.91 Å². The molecule has 1 amide bonds. The summed E-state index contributed by atoms with van der Waals surface area (Å²) in [4.78, 5) is 12.3. The number of amides is 1. The molecule has 0 aromatic heterocycles. The Morgan fingerprint density at radius 3 is 2.26 bits per heavy atom. The Kier molecular flexibility index (Phi) is 6.79. The number of nitrogens with zero attached hydrogens (tertiary/aromatic N) is 1. The van der Waals surface area contributed by atoms with Crippen molar-refractivity contribution in [3.8, 4) is 0 Å². The van der Waals surface area contributed by atoms with E-state index in [1.165, 1.54) is 31.2 Å². The Labute approximate surface area is 118 Å². The predicted molar refractivity (Wildman–Crippen MR) is 80.6 cm³/mol. The van der Waals surface area contributed by atoms with E-state index in [2.05, 4.69) is 19.1 Å². The van der Waals surface area contributed by atoms with Gasteiger partial charge in [0, 0.05) is 5.56 Å². The van der Waals surface area contributed by atoms with Crippen LogP contribution in [0.2, 0.25) is 0 Å². The van der Waals surface area contributed by atoms with Crippen molar-refractivity contribution in [2.75, 3.05) is 14.1 Å². The summed E-state index contributed by atoms with van der Waals surface area (Å²) in [5, 5.41) is 0. The molecule has 2 nitrogen and oxygen atoms in total. The Hall–Kier alpha value is -1.15. The summed E-state index contributed by atoms with van der Waals surface area (Å²) < 4.78 is 0.456. The van der Waals surface area contributed by atoms with Crippen LogP contribution < -0.4 is 0 Å². The van der Waals surface area contributed by atoms with Gasteiger partial charge in [-0.05, 0) is 6.42 Å². The number of unbranched alkanes of at least 4 members (excludes halogenated alkanes) is 4. The quantitative estimate of drug-likeness (QED) is 0.508. The van der Waals surface area contributed by atoms with Crippen molar-refractivity contribution in [2.45, 2.75) is 52.0 Å². The third kappa shape index (κ3) is 6.02. The van der Waals surface area contributed by atoms with Crippen LogP contribution in [0.15, 0.2) is 30.3 Å². The highest BCUT2D eigenvalue weighted by Crippen LogP contribution is 2.14. The van der Waals surface area contributed by atoms with Crippen LogP contribution in [0.25, 0.3) is 0 Å². The van der Waals surface area contributed by atoms with Gasteiger partial charge in [0.1, 0.15) is 6.54 Å². The first-order chi connectivity index (χ1) is 9.06. The van der Waals surface area contributed by atoms with E-state index in [1.54, 1.807) is 0 Å². The molecule has 0 bridgehead atoms. The lowest BCUT2D eigenvalue weighted by molar-refractivity contribution is -0.828. The molecular weight excluding hydrogens is 234 g/mol. The highest BCUT2D eigenvalue weighted by atomic mass is 16.2. The van der Waals surface area contributed by atoms with Crippen molar-refractivity contribution in [3.05, 3.63) is 35.9 Å². The van der Waals surface area contributed by atoms with Crippen LogP contribution >= 0.6 is 0 Å². The van der Waals surface area contributed by atoms with E-state index in [-0.39, 0.29) is 0 Å². The number of rotatable bonds is 8. The lowest BCUT2D eigenvalue weighted by atomic mass is 10.1. The Morgan fingerprint density at radius 1 is 1.00 bits per heavy atom. The van der Waals surface area contributed by atoms with E-state index in [4.69, 9.17) is 0 Å². The van der Waals surface area contributed by atoms with Crippen molar-refractivity contribution in [3.63, 3.8) is 0 Å². The zero-order valence-corrected chi connectivity index (χ0v) is 12.7. The molecule has 0 saturated carbocycles. The average molecular weight is 262 g/mol. The van der Waals surface area contributed by atoms with Crippen molar-refractivity contribution in [1.29, 1.82) is 0 Å². The standard InChI is InChI=1S/C17H28NO/c1-4-5-6-7-11-14-17(19)18(2,3)15-16-12-9-8-10-13-16/h8-10,12-13H,4-7,11,14-15H2,1-3H3/q+1. The van der Waals surface area contributed by atoms with Crippen LogP contribution in [-0.2, 0) is 11.3 Å². The smallest absolute Gasteiger partial charge is 0.262 e. The largest absolute Gasteiger partial charge is 0.313 e. The maximum atomic E-state index is 12.3. The average Bonchev–Trinajstić information content (AvgIpc) is 2.39. The van der Waals surface area contributed by atoms with Gasteiger partial charge in [-0.25, -0.2) is 4.79 Å². The van der Waals surface area contributed by atoms with Crippen LogP contribution in [0.4, 0.5) is 0 Å². The fourth-order valence-electron chi connectivity index (χ4n) is 2.31. The van der Waals surface area contributed by atoms with E-state index < -0.39 is 0 Å². The normalized spacial score (nSPS) is 11.5. The van der Waals surface area contributed by atoms with Gasteiger partial charge in [-0.2, -0.15) is 0 Å². The minimum absolute atomic E-state index is 0.348. The SMILES string of the molecule is CCCCCCCC(=O)[N+](C)(C)Cc1ccccc1. The van der Waals surface area contributed by atoms with Gasteiger partial charge in [0.15, 0.2) is 0 Å². The van der Waals surface area contributed by atoms with Gasteiger partial charge in [0.2, 0.25) is 0 Å². The minimum Gasteiger partial charge on any atom is -0.262 e. The molecule has 2 heteroatoms. The van der Waals surface area contributed by atoms with Gasteiger partial charge in [-0.1, -0.05) is 62.9 Å². The summed E-state index contributed by atoms with van der Waals surface area (Å²) in [6.07, 6.45) is 6.74. The molecule has 0 N–H and O–H groups in total. The lowest BCUT2D eigenvalue weighted by Gasteiger charge is -2.27. The molecule has 0 saturated heterocycles. The highest BCUT2D eigenvalue weighted by molar-refractivity contribution is 5.68. The zero-order valence-electron chi connectivity index (χ0n) is 12.7. The second kappa shape index (κ2) is 8.11. The maximum absolute atomic E-state index is 12.3. The summed E-state index contributed by atoms with van der Waals surface area (Å²) in [5.74, 6) is 0.348. The molecule has 1 rings (SSSR count). The summed E-state index contributed by atoms with van der Waals surface area (Å²) >= 11 is 0. The Balaban J connectivity index is 2.37. The van der Waals surface area contributed by atoms with E-state index in [0.29, 0.717) is 16.8 Å². The second-order valence-corrected chi connectivity index (χ2v) is 5.89. The topological polar surface area (TPSA) is 17.1 Å². The van der Waals surface area contributed by atoms with E-state index in [1.807, 2.05) is 32.3 Å². The summed E-state index contributed by atoms with van der Waals surface area (Å²) in [7, 11) is 4.03. The van der Waals surface area contributed by atoms with Crippen molar-refractivity contribution in [2.24, 2.45) is 0 Å². The highest BCUT2D eigenvalue weighted by Gasteiger charge is 2.25. The number of benzene rings is 1. The van der Waals surface area contributed by atoms with Crippen molar-refractivity contribution in [1.82, 2.24) is 0 Å². The first-order valence-electron chi connectivity index (χ1n) is 7.46. The first kappa shape index (κ1) is 15.9. The van der Waals surface area contributed by atoms with Gasteiger partial charge in [0.05, 0.1) is 20.5 Å². The molecule has 1 aromatic rings. The summed E-state index contributed by atoms with van der Waals surface area (Å²) in [6, 6.07) is 10.3. The van der Waals surface area contributed by atoms with E-state index >= 15 is 0 Å². The van der Waals surface area contributed by atoms with Crippen LogP contribution in [0.5, 0.6) is 0 Å². The number of carbonyl (C=O) groups excluding carboxylic acids is 1. The van der Waals surface area contributed by atoms with E-state index in [9.17, 15) is 4.79 Å². The molecule has 19 heavy (non-hydrogen) atoms. The first-order valence-corrected chi connectivity index (χ1v) is 7.46. The molecule has 0 radical (unpaired) electrons. The molecule has 106 valence electrons. The molecule has 1 aromatic carbocycles. The molecule has 0 fully saturated rings. The van der Waals surface area contributed by atoms with Gasteiger partial charge in [0.25, 0.3) is 0 Å². The van der Waals surface area contributed by atoms with Gasteiger partial charge in [-0.15, -0.1) is 0 Å². The third-order valence-electron chi connectivity index (χ3n) is 3.59. The minimum atomic E-state index is 0.348. The van der Waals surface area contributed by atoms with Gasteiger partial charge < -0.3 is 0 Å². The molecule has 0 aliphatic rings. The number of hydrogen-bond acceptors (Lipinski definition) is 1. The molecule has 0 heterocycles. The zero-order chi connectivity index (χ0) is 14.1. The summed E-state index contributed by atoms with van der Waals surface area (Å²) in [6.45, 7) is 3.00. The molecule has 0 atom stereocenters. The fraction of sp³-hybridized carbons (Fsp3) is 0.588. The predicted octanol–water partition coefficient (Wildman–Crippen LogP) is 4.15. The lowest BCUT2D eigenvalue weighted by Crippen LogP contribution is -2.44. The van der Waals surface area contributed by atoms with Crippen molar-refractivity contribution < 1.29 is 9.28 Å². The monoisotopic (exact) mass is 262 g/mol. The summed E-state index contributed by atoms with van der Waals surface area (Å²) in [5.41, 5.74) is 1.23. The van der Waals surface area contributed by atoms with Crippen LogP contribution in [0, 0.1) is 0 Å². The second-order valence-electron chi connectivity index (χ2n) is 5.89. The number of hydrogen-bond donors (Lipinski definition) is 0. The van der Waals surface area contributed by atoms with Gasteiger partial charge >= 0.3 is 5.91 Å². The number of carbonyl (C=O) groups is 1. The molecule has 0 unspecified atom stereocenters. The van der Waals surface area contributed by atoms with E-state index in [0.717, 1.165) is 13.0 Å². The molecule has 0 aliphatic heterocycles. The molecular formula is C17H28NO+. The third-order valence-corrected chi connectivity index (χ3v) is 3.59. The van der Waals surface area contributed by atoms with Gasteiger partial charge in [-0.3, -0.25) is 4.48 Å². The van der Waals surface area contributed by atoms with Crippen LogP contribution in [0.3, 0.4) is 0 Å². The fourth-order valence-corrected chi connectivity index (χ4v) is 2.31. The molecule has 0 spiro atoms. The Morgan fingerprint density at radius 2 is 1.63 bits per heavy atom. The molecule has 0 aliphatic carbocycles. The Bertz CT molecular complexity index is 370. The van der Waals surface area contributed by atoms with Crippen LogP contribution in [-0.4, -0.2) is 24.5 Å². The number of quaternary nitrogens is 1. The van der Waals surface area contributed by atoms with Crippen LogP contribution in [0.1, 0.15) is 51.0 Å².